The van der Waals surface area contributed by atoms with Gasteiger partial charge in [-0.1, -0.05) is 23.5 Å². The topological polar surface area (TPSA) is 103 Å². The molecule has 3 amide bonds. The van der Waals surface area contributed by atoms with Crippen LogP contribution < -0.4 is 20.9 Å². The Morgan fingerprint density at radius 3 is 2.41 bits per heavy atom. The third kappa shape index (κ3) is 7.60. The summed E-state index contributed by atoms with van der Waals surface area (Å²) < 4.78 is 0.961. The van der Waals surface area contributed by atoms with Crippen molar-refractivity contribution in [2.24, 2.45) is 0 Å². The summed E-state index contributed by atoms with van der Waals surface area (Å²) in [6.07, 6.45) is 1.73. The van der Waals surface area contributed by atoms with Gasteiger partial charge in [0.1, 0.15) is 0 Å². The van der Waals surface area contributed by atoms with Gasteiger partial charge in [-0.05, 0) is 42.0 Å². The lowest BCUT2D eigenvalue weighted by molar-refractivity contribution is -0.118. The lowest BCUT2D eigenvalue weighted by Crippen LogP contribution is -2.33. The fraction of sp³-hybridized carbons (Fsp3) is 0.250. The highest BCUT2D eigenvalue weighted by Gasteiger charge is 2.11. The van der Waals surface area contributed by atoms with E-state index in [1.807, 2.05) is 49.3 Å². The summed E-state index contributed by atoms with van der Waals surface area (Å²) in [6.45, 7) is 2.20. The largest absolute Gasteiger partial charge is 0.378 e. The van der Waals surface area contributed by atoms with Gasteiger partial charge in [-0.2, -0.15) is 0 Å². The molecule has 0 saturated carbocycles. The number of rotatable bonds is 10. The van der Waals surface area contributed by atoms with Gasteiger partial charge in [-0.25, -0.2) is 4.98 Å². The predicted octanol–water partition coefficient (Wildman–Crippen LogP) is 3.62. The highest BCUT2D eigenvalue weighted by molar-refractivity contribution is 8.00. The fourth-order valence-electron chi connectivity index (χ4n) is 2.94. The van der Waals surface area contributed by atoms with Crippen LogP contribution in [0.3, 0.4) is 0 Å². The first kappa shape index (κ1) is 25.3. The number of nitrogens with one attached hydrogen (secondary N) is 3. The first-order chi connectivity index (χ1) is 16.3. The third-order valence-corrected chi connectivity index (χ3v) is 6.88. The van der Waals surface area contributed by atoms with Crippen molar-refractivity contribution in [1.82, 2.24) is 15.6 Å². The van der Waals surface area contributed by atoms with Gasteiger partial charge in [0, 0.05) is 56.7 Å². The van der Waals surface area contributed by atoms with Crippen molar-refractivity contribution < 1.29 is 14.4 Å². The number of thiazole rings is 1. The number of hydrogen-bond donors (Lipinski definition) is 3. The van der Waals surface area contributed by atoms with Crippen LogP contribution in [0.15, 0.2) is 58.9 Å². The van der Waals surface area contributed by atoms with Crippen molar-refractivity contribution in [3.63, 3.8) is 0 Å². The lowest BCUT2D eigenvalue weighted by Gasteiger charge is -2.12. The zero-order valence-corrected chi connectivity index (χ0v) is 20.9. The number of anilines is 2. The molecule has 0 spiro atoms. The molecule has 0 atom stereocenters. The van der Waals surface area contributed by atoms with E-state index in [0.29, 0.717) is 35.1 Å². The summed E-state index contributed by atoms with van der Waals surface area (Å²) in [4.78, 5) is 42.0. The van der Waals surface area contributed by atoms with E-state index in [0.717, 1.165) is 15.5 Å². The first-order valence-electron chi connectivity index (χ1n) is 10.6. The van der Waals surface area contributed by atoms with Crippen molar-refractivity contribution in [1.29, 1.82) is 0 Å². The zero-order valence-electron chi connectivity index (χ0n) is 19.3. The summed E-state index contributed by atoms with van der Waals surface area (Å²) >= 11 is 2.99. The molecule has 10 heteroatoms. The second-order valence-electron chi connectivity index (χ2n) is 7.61. The molecule has 0 radical (unpaired) electrons. The maximum atomic E-state index is 12.5. The average Bonchev–Trinajstić information content (AvgIpc) is 3.27. The van der Waals surface area contributed by atoms with Gasteiger partial charge >= 0.3 is 0 Å². The molecular weight excluding hydrogens is 470 g/mol. The number of hydrogen-bond acceptors (Lipinski definition) is 7. The van der Waals surface area contributed by atoms with Crippen molar-refractivity contribution in [3.8, 4) is 0 Å². The van der Waals surface area contributed by atoms with E-state index in [9.17, 15) is 14.4 Å². The molecule has 0 aliphatic rings. The Morgan fingerprint density at radius 2 is 1.71 bits per heavy atom. The van der Waals surface area contributed by atoms with Crippen molar-refractivity contribution in [2.75, 3.05) is 37.4 Å². The number of aromatic nitrogens is 1. The summed E-state index contributed by atoms with van der Waals surface area (Å²) in [7, 11) is 3.90. The highest BCUT2D eigenvalue weighted by atomic mass is 32.2. The summed E-state index contributed by atoms with van der Waals surface area (Å²) in [5, 5.41) is 8.81. The van der Waals surface area contributed by atoms with Gasteiger partial charge in [0.05, 0.1) is 10.4 Å². The molecule has 1 heterocycles. The Kier molecular flexibility index (Phi) is 9.06. The van der Waals surface area contributed by atoms with Crippen LogP contribution in [0.1, 0.15) is 33.2 Å². The summed E-state index contributed by atoms with van der Waals surface area (Å²) in [6, 6.07) is 14.8. The van der Waals surface area contributed by atoms with Crippen LogP contribution in [-0.2, 0) is 10.5 Å². The number of thioether (sulfide) groups is 1. The van der Waals surface area contributed by atoms with Gasteiger partial charge in [-0.3, -0.25) is 19.7 Å². The van der Waals surface area contributed by atoms with Gasteiger partial charge in [0.15, 0.2) is 5.13 Å². The van der Waals surface area contributed by atoms with Crippen LogP contribution in [-0.4, -0.2) is 49.9 Å². The monoisotopic (exact) mass is 497 g/mol. The Morgan fingerprint density at radius 1 is 0.971 bits per heavy atom. The Balaban J connectivity index is 1.50. The first-order valence-corrected chi connectivity index (χ1v) is 12.4. The van der Waals surface area contributed by atoms with Gasteiger partial charge in [-0.15, -0.1) is 11.8 Å². The van der Waals surface area contributed by atoms with E-state index in [2.05, 4.69) is 20.9 Å². The highest BCUT2D eigenvalue weighted by Crippen LogP contribution is 2.31. The van der Waals surface area contributed by atoms with E-state index in [4.69, 9.17) is 0 Å². The van der Waals surface area contributed by atoms with Crippen LogP contribution in [0.2, 0.25) is 0 Å². The molecule has 0 fully saturated rings. The summed E-state index contributed by atoms with van der Waals surface area (Å²) in [5.41, 5.74) is 3.16. The van der Waals surface area contributed by atoms with E-state index < -0.39 is 0 Å². The van der Waals surface area contributed by atoms with Gasteiger partial charge in [0.2, 0.25) is 5.91 Å². The van der Waals surface area contributed by atoms with Crippen LogP contribution in [0.5, 0.6) is 0 Å². The van der Waals surface area contributed by atoms with Gasteiger partial charge < -0.3 is 15.5 Å². The van der Waals surface area contributed by atoms with Crippen molar-refractivity contribution in [2.45, 2.75) is 16.9 Å². The molecule has 2 aromatic carbocycles. The molecule has 178 valence electrons. The lowest BCUT2D eigenvalue weighted by atomic mass is 10.1. The van der Waals surface area contributed by atoms with E-state index >= 15 is 0 Å². The van der Waals surface area contributed by atoms with Crippen molar-refractivity contribution >= 4 is 51.6 Å². The summed E-state index contributed by atoms with van der Waals surface area (Å²) in [5.74, 6) is 0.152. The third-order valence-electron chi connectivity index (χ3n) is 4.71. The minimum Gasteiger partial charge on any atom is -0.378 e. The maximum absolute atomic E-state index is 12.5. The molecule has 3 N–H and O–H groups in total. The molecule has 0 bridgehead atoms. The Bertz CT molecular complexity index is 1150. The van der Waals surface area contributed by atoms with Crippen LogP contribution in [0, 0.1) is 0 Å². The zero-order chi connectivity index (χ0) is 24.5. The molecule has 34 heavy (non-hydrogen) atoms. The molecule has 3 rings (SSSR count). The van der Waals surface area contributed by atoms with Crippen molar-refractivity contribution in [3.05, 3.63) is 71.4 Å². The van der Waals surface area contributed by atoms with Crippen LogP contribution in [0.4, 0.5) is 10.8 Å². The SMILES string of the molecule is CC(=O)NCCNC(=O)c1cccc(CSc2cnc(NC(=O)c3ccc(N(C)C)cc3)s2)c1. The maximum Gasteiger partial charge on any atom is 0.257 e. The van der Waals surface area contributed by atoms with Crippen LogP contribution >= 0.6 is 23.1 Å². The molecule has 3 aromatic rings. The Hall–Kier alpha value is -3.37. The standard InChI is InChI=1S/C24H27N5O3S2/c1-16(30)25-11-12-26-22(31)19-6-4-5-17(13-19)15-33-21-14-27-24(34-21)28-23(32)18-7-9-20(10-8-18)29(2)3/h4-10,13-14H,11-12,15H2,1-3H3,(H,25,30)(H,26,31)(H,27,28,32). The molecular formula is C24H27N5O3S2. The quantitative estimate of drug-likeness (QED) is 0.292. The molecule has 0 aliphatic heterocycles. The second kappa shape index (κ2) is 12.2. The number of amides is 3. The number of benzene rings is 2. The fourth-order valence-corrected chi connectivity index (χ4v) is 4.75. The molecule has 8 nitrogen and oxygen atoms in total. The predicted molar refractivity (Wildman–Crippen MR) is 138 cm³/mol. The van der Waals surface area contributed by atoms with Gasteiger partial charge in [0.25, 0.3) is 11.8 Å². The molecule has 1 aromatic heterocycles. The minimum absolute atomic E-state index is 0.127. The minimum atomic E-state index is -0.201. The number of carbonyl (C=O) groups excluding carboxylic acids is 3. The molecule has 0 unspecified atom stereocenters. The second-order valence-corrected chi connectivity index (χ2v) is 9.91. The molecule has 0 saturated heterocycles. The molecule has 0 aliphatic carbocycles. The number of carbonyl (C=O) groups is 3. The van der Waals surface area contributed by atoms with Crippen LogP contribution in [0.25, 0.3) is 0 Å². The smallest absolute Gasteiger partial charge is 0.257 e. The van der Waals surface area contributed by atoms with E-state index in [1.165, 1.54) is 18.3 Å². The van der Waals surface area contributed by atoms with E-state index in [-0.39, 0.29) is 17.7 Å². The Labute approximate surface area is 207 Å². The number of nitrogens with zero attached hydrogens (tertiary/aromatic N) is 2. The normalized spacial score (nSPS) is 10.4. The van der Waals surface area contributed by atoms with E-state index in [1.54, 1.807) is 36.2 Å². The average molecular weight is 498 g/mol.